The molecule has 0 saturated carbocycles. The summed E-state index contributed by atoms with van der Waals surface area (Å²) in [7, 11) is -3.61. The van der Waals surface area contributed by atoms with E-state index in [2.05, 4.69) is 35.7 Å². The van der Waals surface area contributed by atoms with Gasteiger partial charge in [-0.25, -0.2) is 8.42 Å². The smallest absolute Gasteiger partial charge is 0.264 e. The van der Waals surface area contributed by atoms with Gasteiger partial charge in [0.05, 0.1) is 10.6 Å². The molecule has 31 heavy (non-hydrogen) atoms. The van der Waals surface area contributed by atoms with Crippen molar-refractivity contribution in [2.45, 2.75) is 30.2 Å². The first-order valence-electron chi connectivity index (χ1n) is 10.8. The number of nitrogens with one attached hydrogen (secondary N) is 1. The van der Waals surface area contributed by atoms with Gasteiger partial charge >= 0.3 is 0 Å². The monoisotopic (exact) mass is 432 g/mol. The molecule has 1 aliphatic rings. The Kier molecular flexibility index (Phi) is 6.85. The zero-order valence-electron chi connectivity index (χ0n) is 17.5. The molecule has 0 spiro atoms. The van der Waals surface area contributed by atoms with Crippen molar-refractivity contribution in [2.75, 3.05) is 17.4 Å². The van der Waals surface area contributed by atoms with E-state index >= 15 is 0 Å². The highest BCUT2D eigenvalue weighted by Gasteiger charge is 2.25. The maximum atomic E-state index is 13.4. The molecule has 3 aromatic rings. The Hall–Kier alpha value is -2.89. The van der Waals surface area contributed by atoms with Crippen LogP contribution in [0.2, 0.25) is 0 Å². The molecular formula is C26H28N2O2S. The molecule has 0 saturated heterocycles. The minimum absolute atomic E-state index is 0.323. The van der Waals surface area contributed by atoms with Gasteiger partial charge in [-0.3, -0.25) is 4.31 Å². The van der Waals surface area contributed by atoms with E-state index in [-0.39, 0.29) is 0 Å². The summed E-state index contributed by atoms with van der Waals surface area (Å²) < 4.78 is 28.2. The molecule has 0 amide bonds. The van der Waals surface area contributed by atoms with E-state index in [0.717, 1.165) is 25.8 Å². The quantitative estimate of drug-likeness (QED) is 0.538. The van der Waals surface area contributed by atoms with E-state index in [9.17, 15) is 8.42 Å². The molecule has 5 heteroatoms. The van der Waals surface area contributed by atoms with Crippen molar-refractivity contribution >= 4 is 21.3 Å². The number of hydrogen-bond donors (Lipinski definition) is 1. The molecule has 0 aliphatic carbocycles. The van der Waals surface area contributed by atoms with Crippen LogP contribution in [-0.2, 0) is 10.0 Å². The number of rotatable bonds is 8. The number of hydrogen-bond acceptors (Lipinski definition) is 3. The van der Waals surface area contributed by atoms with Crippen molar-refractivity contribution < 1.29 is 8.42 Å². The molecule has 3 aromatic carbocycles. The van der Waals surface area contributed by atoms with Gasteiger partial charge in [0.1, 0.15) is 0 Å². The SMILES string of the molecule is O=S(=O)(c1ccccc1)N(CCCC1CC(c2ccccc2)=CCN1)c1ccccc1. The molecule has 0 radical (unpaired) electrons. The lowest BCUT2D eigenvalue weighted by Gasteiger charge is -2.27. The summed E-state index contributed by atoms with van der Waals surface area (Å²) in [4.78, 5) is 0.323. The summed E-state index contributed by atoms with van der Waals surface area (Å²) in [5.41, 5.74) is 3.33. The van der Waals surface area contributed by atoms with Gasteiger partial charge in [0.25, 0.3) is 10.0 Å². The highest BCUT2D eigenvalue weighted by molar-refractivity contribution is 7.92. The lowest BCUT2D eigenvalue weighted by molar-refractivity contribution is 0.487. The maximum absolute atomic E-state index is 13.4. The van der Waals surface area contributed by atoms with E-state index < -0.39 is 10.0 Å². The minimum Gasteiger partial charge on any atom is -0.310 e. The average molecular weight is 433 g/mol. The highest BCUT2D eigenvalue weighted by atomic mass is 32.2. The molecular weight excluding hydrogens is 404 g/mol. The van der Waals surface area contributed by atoms with Crippen molar-refractivity contribution in [3.05, 3.63) is 103 Å². The van der Waals surface area contributed by atoms with Gasteiger partial charge in [-0.1, -0.05) is 72.8 Å². The molecule has 4 rings (SSSR count). The van der Waals surface area contributed by atoms with Crippen LogP contribution in [0.15, 0.2) is 102 Å². The second-order valence-corrected chi connectivity index (χ2v) is 9.63. The Morgan fingerprint density at radius 2 is 1.45 bits per heavy atom. The summed E-state index contributed by atoms with van der Waals surface area (Å²) >= 11 is 0. The van der Waals surface area contributed by atoms with E-state index in [0.29, 0.717) is 23.2 Å². The van der Waals surface area contributed by atoms with Crippen LogP contribution in [-0.4, -0.2) is 27.5 Å². The second kappa shape index (κ2) is 9.94. The predicted octanol–water partition coefficient (Wildman–Crippen LogP) is 5.11. The van der Waals surface area contributed by atoms with E-state index in [4.69, 9.17) is 0 Å². The molecule has 1 aliphatic heterocycles. The first-order valence-corrected chi connectivity index (χ1v) is 12.2. The molecule has 0 fully saturated rings. The Labute approximate surface area is 185 Å². The third kappa shape index (κ3) is 5.24. The fraction of sp³-hybridized carbons (Fsp3) is 0.231. The zero-order chi connectivity index (χ0) is 21.5. The molecule has 0 bridgehead atoms. The van der Waals surface area contributed by atoms with E-state index in [1.54, 1.807) is 28.6 Å². The van der Waals surface area contributed by atoms with Crippen LogP contribution >= 0.6 is 0 Å². The third-order valence-electron chi connectivity index (χ3n) is 5.66. The normalized spacial score (nSPS) is 16.5. The van der Waals surface area contributed by atoms with E-state index in [1.807, 2.05) is 42.5 Å². The molecule has 1 atom stereocenters. The largest absolute Gasteiger partial charge is 0.310 e. The van der Waals surface area contributed by atoms with Crippen LogP contribution in [0.25, 0.3) is 5.57 Å². The molecule has 4 nitrogen and oxygen atoms in total. The number of sulfonamides is 1. The summed E-state index contributed by atoms with van der Waals surface area (Å²) in [5.74, 6) is 0. The molecule has 1 heterocycles. The first-order chi connectivity index (χ1) is 15.1. The fourth-order valence-corrected chi connectivity index (χ4v) is 5.57. The van der Waals surface area contributed by atoms with Gasteiger partial charge in [0, 0.05) is 19.1 Å². The number of nitrogens with zero attached hydrogens (tertiary/aromatic N) is 1. The van der Waals surface area contributed by atoms with Crippen LogP contribution in [0.1, 0.15) is 24.8 Å². The molecule has 1 N–H and O–H groups in total. The Bertz CT molecular complexity index is 1100. The van der Waals surface area contributed by atoms with Gasteiger partial charge in [-0.2, -0.15) is 0 Å². The number of benzene rings is 3. The third-order valence-corrected chi connectivity index (χ3v) is 7.50. The van der Waals surface area contributed by atoms with Gasteiger partial charge in [-0.15, -0.1) is 0 Å². The van der Waals surface area contributed by atoms with E-state index in [1.165, 1.54) is 11.1 Å². The Morgan fingerprint density at radius 1 is 0.839 bits per heavy atom. The molecule has 160 valence electrons. The maximum Gasteiger partial charge on any atom is 0.264 e. The average Bonchev–Trinajstić information content (AvgIpc) is 2.83. The Morgan fingerprint density at radius 3 is 2.13 bits per heavy atom. The van der Waals surface area contributed by atoms with Crippen LogP contribution in [0.5, 0.6) is 0 Å². The molecule has 1 unspecified atom stereocenters. The fourth-order valence-electron chi connectivity index (χ4n) is 4.05. The topological polar surface area (TPSA) is 49.4 Å². The van der Waals surface area contributed by atoms with Gasteiger partial charge in [0.15, 0.2) is 0 Å². The minimum atomic E-state index is -3.61. The van der Waals surface area contributed by atoms with Crippen LogP contribution in [0.3, 0.4) is 0 Å². The van der Waals surface area contributed by atoms with Gasteiger partial charge < -0.3 is 5.32 Å². The van der Waals surface area contributed by atoms with Crippen molar-refractivity contribution in [3.63, 3.8) is 0 Å². The Balaban J connectivity index is 1.45. The van der Waals surface area contributed by atoms with Gasteiger partial charge in [-0.05, 0) is 54.7 Å². The van der Waals surface area contributed by atoms with Crippen molar-refractivity contribution in [1.29, 1.82) is 0 Å². The van der Waals surface area contributed by atoms with Crippen LogP contribution in [0, 0.1) is 0 Å². The predicted molar refractivity (Wildman–Crippen MR) is 127 cm³/mol. The summed E-state index contributed by atoms with van der Waals surface area (Å²) in [5, 5.41) is 3.56. The van der Waals surface area contributed by atoms with Crippen LogP contribution in [0.4, 0.5) is 5.69 Å². The standard InChI is InChI=1S/C26H28N2O2S/c29-31(30,26-16-8-3-9-17-26)28(25-14-6-2-7-15-25)20-10-13-24-21-23(18-19-27-24)22-11-4-1-5-12-22/h1-9,11-12,14-18,24,27H,10,13,19-21H2. The number of anilines is 1. The zero-order valence-corrected chi connectivity index (χ0v) is 18.3. The van der Waals surface area contributed by atoms with Crippen molar-refractivity contribution in [3.8, 4) is 0 Å². The van der Waals surface area contributed by atoms with Crippen molar-refractivity contribution in [2.24, 2.45) is 0 Å². The molecule has 0 aromatic heterocycles. The summed E-state index contributed by atoms with van der Waals surface area (Å²) in [6.07, 6.45) is 4.90. The second-order valence-electron chi connectivity index (χ2n) is 7.77. The lowest BCUT2D eigenvalue weighted by Crippen LogP contribution is -2.35. The van der Waals surface area contributed by atoms with Crippen molar-refractivity contribution in [1.82, 2.24) is 5.32 Å². The van der Waals surface area contributed by atoms with Gasteiger partial charge in [0.2, 0.25) is 0 Å². The number of para-hydroxylation sites is 1. The first kappa shape index (κ1) is 21.3. The summed E-state index contributed by atoms with van der Waals surface area (Å²) in [6.45, 7) is 1.30. The van der Waals surface area contributed by atoms with Crippen LogP contribution < -0.4 is 9.62 Å². The highest BCUT2D eigenvalue weighted by Crippen LogP contribution is 2.26. The summed E-state index contributed by atoms with van der Waals surface area (Å²) in [6, 6.07) is 28.9. The lowest BCUT2D eigenvalue weighted by atomic mass is 9.93.